The summed E-state index contributed by atoms with van der Waals surface area (Å²) in [4.78, 5) is 48.4. The third-order valence-electron chi connectivity index (χ3n) is 5.11. The van der Waals surface area contributed by atoms with Gasteiger partial charge in [-0.1, -0.05) is 41.9 Å². The van der Waals surface area contributed by atoms with E-state index in [0.29, 0.717) is 23.4 Å². The maximum Gasteiger partial charge on any atom is 0.341 e. The summed E-state index contributed by atoms with van der Waals surface area (Å²) in [6, 6.07) is 13.5. The lowest BCUT2D eigenvalue weighted by atomic mass is 10.1. The van der Waals surface area contributed by atoms with Gasteiger partial charge in [0.05, 0.1) is 12.0 Å². The molecule has 0 saturated heterocycles. The molecule has 0 N–H and O–H groups in total. The van der Waals surface area contributed by atoms with Crippen LogP contribution in [0.1, 0.15) is 41.5 Å². The molecule has 1 aromatic carbocycles. The zero-order chi connectivity index (χ0) is 24.4. The van der Waals surface area contributed by atoms with Gasteiger partial charge in [-0.05, 0) is 49.2 Å². The first-order valence-corrected chi connectivity index (χ1v) is 11.7. The van der Waals surface area contributed by atoms with E-state index in [1.54, 1.807) is 60.2 Å². The van der Waals surface area contributed by atoms with Crippen molar-refractivity contribution in [3.63, 3.8) is 0 Å². The lowest BCUT2D eigenvalue weighted by molar-refractivity contribution is 0.0523. The van der Waals surface area contributed by atoms with Gasteiger partial charge >= 0.3 is 5.97 Å². The Labute approximate surface area is 203 Å². The SMILES string of the molecule is CCOC(=O)c1cc2c(=O)n3ccccc3nc2n(CC(C)C)c1=NC(=O)c1cccc(Br)c1. The van der Waals surface area contributed by atoms with Gasteiger partial charge in [0.25, 0.3) is 11.5 Å². The fourth-order valence-electron chi connectivity index (χ4n) is 3.68. The predicted molar refractivity (Wildman–Crippen MR) is 132 cm³/mol. The number of nitrogens with zero attached hydrogens (tertiary/aromatic N) is 4. The molecule has 0 bridgehead atoms. The van der Waals surface area contributed by atoms with E-state index >= 15 is 0 Å². The number of halogens is 1. The van der Waals surface area contributed by atoms with E-state index in [2.05, 4.69) is 25.9 Å². The molecule has 0 unspecified atom stereocenters. The maximum absolute atomic E-state index is 13.3. The minimum absolute atomic E-state index is 0.0353. The van der Waals surface area contributed by atoms with Crippen molar-refractivity contribution >= 4 is 44.5 Å². The van der Waals surface area contributed by atoms with Crippen molar-refractivity contribution in [2.75, 3.05) is 6.61 Å². The number of esters is 1. The number of fused-ring (bicyclic) bond motifs is 2. The largest absolute Gasteiger partial charge is 0.462 e. The molecule has 0 saturated carbocycles. The van der Waals surface area contributed by atoms with Gasteiger partial charge in [-0.15, -0.1) is 0 Å². The van der Waals surface area contributed by atoms with Gasteiger partial charge < -0.3 is 9.30 Å². The molecule has 4 rings (SSSR count). The molecule has 0 aliphatic carbocycles. The van der Waals surface area contributed by atoms with Gasteiger partial charge in [0, 0.05) is 22.8 Å². The van der Waals surface area contributed by atoms with Gasteiger partial charge in [-0.3, -0.25) is 14.0 Å². The molecule has 4 aromatic rings. The normalized spacial score (nSPS) is 12.0. The number of hydrogen-bond donors (Lipinski definition) is 0. The van der Waals surface area contributed by atoms with Crippen molar-refractivity contribution in [2.45, 2.75) is 27.3 Å². The lowest BCUT2D eigenvalue weighted by Gasteiger charge is -2.16. The molecule has 0 spiro atoms. The van der Waals surface area contributed by atoms with Crippen molar-refractivity contribution in [2.24, 2.45) is 10.9 Å². The summed E-state index contributed by atoms with van der Waals surface area (Å²) in [5.41, 5.74) is 0.967. The van der Waals surface area contributed by atoms with Crippen LogP contribution in [0.15, 0.2) is 69.0 Å². The Kier molecular flexibility index (Phi) is 6.74. The van der Waals surface area contributed by atoms with E-state index in [-0.39, 0.29) is 34.5 Å². The van der Waals surface area contributed by atoms with E-state index in [1.165, 1.54) is 10.5 Å². The van der Waals surface area contributed by atoms with Crippen LogP contribution in [0, 0.1) is 5.92 Å². The summed E-state index contributed by atoms with van der Waals surface area (Å²) in [5, 5.41) is 0.237. The molecule has 0 aliphatic heterocycles. The molecule has 0 atom stereocenters. The van der Waals surface area contributed by atoms with Gasteiger partial charge in [0.2, 0.25) is 0 Å². The Morgan fingerprint density at radius 3 is 2.65 bits per heavy atom. The fourth-order valence-corrected chi connectivity index (χ4v) is 4.08. The molecule has 0 fully saturated rings. The first-order chi connectivity index (χ1) is 16.3. The number of pyridine rings is 2. The summed E-state index contributed by atoms with van der Waals surface area (Å²) in [6.07, 6.45) is 1.62. The Morgan fingerprint density at radius 1 is 1.15 bits per heavy atom. The van der Waals surface area contributed by atoms with Crippen LogP contribution < -0.4 is 11.0 Å². The van der Waals surface area contributed by atoms with E-state index in [1.807, 2.05) is 13.8 Å². The third kappa shape index (κ3) is 4.56. The van der Waals surface area contributed by atoms with E-state index in [4.69, 9.17) is 4.74 Å². The zero-order valence-electron chi connectivity index (χ0n) is 19.0. The number of carbonyl (C=O) groups excluding carboxylic acids is 2. The molecule has 3 aromatic heterocycles. The van der Waals surface area contributed by atoms with Gasteiger partial charge in [0.15, 0.2) is 5.49 Å². The Bertz CT molecular complexity index is 1550. The highest BCUT2D eigenvalue weighted by Gasteiger charge is 2.20. The minimum Gasteiger partial charge on any atom is -0.462 e. The average molecular weight is 523 g/mol. The minimum atomic E-state index is -0.666. The van der Waals surface area contributed by atoms with Crippen LogP contribution >= 0.6 is 15.9 Å². The Hall–Kier alpha value is -3.59. The zero-order valence-corrected chi connectivity index (χ0v) is 20.6. The number of amides is 1. The molecule has 0 radical (unpaired) electrons. The van der Waals surface area contributed by atoms with E-state index < -0.39 is 11.9 Å². The first kappa shape index (κ1) is 23.6. The summed E-state index contributed by atoms with van der Waals surface area (Å²) in [6.45, 7) is 6.18. The molecular formula is C25H23BrN4O4. The average Bonchev–Trinajstić information content (AvgIpc) is 2.80. The Morgan fingerprint density at radius 2 is 1.94 bits per heavy atom. The van der Waals surface area contributed by atoms with Crippen LogP contribution in [-0.2, 0) is 11.3 Å². The highest BCUT2D eigenvalue weighted by atomic mass is 79.9. The maximum atomic E-state index is 13.3. The third-order valence-corrected chi connectivity index (χ3v) is 5.61. The van der Waals surface area contributed by atoms with Crippen molar-refractivity contribution in [3.05, 3.63) is 86.2 Å². The van der Waals surface area contributed by atoms with Gasteiger partial charge in [-0.25, -0.2) is 9.78 Å². The smallest absolute Gasteiger partial charge is 0.341 e. The lowest BCUT2D eigenvalue weighted by Crippen LogP contribution is -2.33. The molecule has 8 nitrogen and oxygen atoms in total. The number of aromatic nitrogens is 3. The highest BCUT2D eigenvalue weighted by Crippen LogP contribution is 2.15. The number of hydrogen-bond acceptors (Lipinski definition) is 5. The number of carbonyl (C=O) groups is 2. The topological polar surface area (TPSA) is 95.0 Å². The predicted octanol–water partition coefficient (Wildman–Crippen LogP) is 3.99. The van der Waals surface area contributed by atoms with Crippen molar-refractivity contribution in [1.29, 1.82) is 0 Å². The molecule has 1 amide bonds. The second-order valence-corrected chi connectivity index (χ2v) is 9.03. The van der Waals surface area contributed by atoms with Crippen LogP contribution in [0.25, 0.3) is 16.7 Å². The molecule has 9 heteroatoms. The highest BCUT2D eigenvalue weighted by molar-refractivity contribution is 9.10. The van der Waals surface area contributed by atoms with E-state index in [0.717, 1.165) is 4.47 Å². The van der Waals surface area contributed by atoms with Crippen LogP contribution in [0.2, 0.25) is 0 Å². The fraction of sp³-hybridized carbons (Fsp3) is 0.240. The summed E-state index contributed by atoms with van der Waals surface area (Å²) in [5.74, 6) is -1.09. The quantitative estimate of drug-likeness (QED) is 0.291. The van der Waals surface area contributed by atoms with Crippen molar-refractivity contribution < 1.29 is 14.3 Å². The van der Waals surface area contributed by atoms with Gasteiger partial charge in [-0.2, -0.15) is 4.99 Å². The van der Waals surface area contributed by atoms with Crippen molar-refractivity contribution in [3.8, 4) is 0 Å². The second kappa shape index (κ2) is 9.72. The van der Waals surface area contributed by atoms with Crippen LogP contribution in [0.5, 0.6) is 0 Å². The molecular weight excluding hydrogens is 500 g/mol. The second-order valence-electron chi connectivity index (χ2n) is 8.12. The summed E-state index contributed by atoms with van der Waals surface area (Å²) in [7, 11) is 0. The van der Waals surface area contributed by atoms with Crippen molar-refractivity contribution in [1.82, 2.24) is 14.0 Å². The molecule has 0 aliphatic rings. The number of rotatable bonds is 5. The number of benzene rings is 1. The van der Waals surface area contributed by atoms with Crippen LogP contribution in [-0.4, -0.2) is 32.4 Å². The van der Waals surface area contributed by atoms with E-state index in [9.17, 15) is 14.4 Å². The Balaban J connectivity index is 2.14. The number of ether oxygens (including phenoxy) is 1. The first-order valence-electron chi connectivity index (χ1n) is 10.9. The summed E-state index contributed by atoms with van der Waals surface area (Å²) >= 11 is 3.36. The van der Waals surface area contributed by atoms with Gasteiger partial charge in [0.1, 0.15) is 16.9 Å². The monoisotopic (exact) mass is 522 g/mol. The summed E-state index contributed by atoms with van der Waals surface area (Å²) < 4.78 is 9.06. The van der Waals surface area contributed by atoms with Crippen LogP contribution in [0.3, 0.4) is 0 Å². The molecule has 34 heavy (non-hydrogen) atoms. The molecule has 3 heterocycles. The van der Waals surface area contributed by atoms with Crippen LogP contribution in [0.4, 0.5) is 0 Å². The standard InChI is InChI=1S/C25H23BrN4O4/c1-4-34-25(33)19-13-18-21(27-20-10-5-6-11-29(20)24(18)32)30(14-15(2)3)22(19)28-23(31)16-8-7-9-17(26)12-16/h5-13,15H,4,14H2,1-3H3. The molecule has 174 valence electrons.